The van der Waals surface area contributed by atoms with Crippen molar-refractivity contribution in [1.29, 1.82) is 0 Å². The first kappa shape index (κ1) is 16.7. The van der Waals surface area contributed by atoms with Gasteiger partial charge in [-0.2, -0.15) is 0 Å². The fourth-order valence-electron chi connectivity index (χ4n) is 2.31. The Bertz CT molecular complexity index is 608. The number of hydrogen-bond acceptors (Lipinski definition) is 2. The van der Waals surface area contributed by atoms with Crippen LogP contribution in [0.5, 0.6) is 5.75 Å². The van der Waals surface area contributed by atoms with Crippen molar-refractivity contribution in [1.82, 2.24) is 4.90 Å². The summed E-state index contributed by atoms with van der Waals surface area (Å²) in [6.07, 6.45) is 3.54. The monoisotopic (exact) mass is 371 g/mol. The second-order valence-corrected chi connectivity index (χ2v) is 5.84. The SMILES string of the molecule is C=CCOc1cc(F)c(C2=CCC(Br)C(=O)N2CC)c(F)c1. The van der Waals surface area contributed by atoms with Crippen molar-refractivity contribution in [2.45, 2.75) is 18.2 Å². The third-order valence-electron chi connectivity index (χ3n) is 3.30. The number of carbonyl (C=O) groups excluding carboxylic acids is 1. The zero-order chi connectivity index (χ0) is 16.3. The molecule has 1 unspecified atom stereocenters. The normalized spacial score (nSPS) is 18.2. The molecule has 1 aliphatic heterocycles. The average Bonchev–Trinajstić information content (AvgIpc) is 2.48. The van der Waals surface area contributed by atoms with Gasteiger partial charge >= 0.3 is 0 Å². The molecule has 1 heterocycles. The molecule has 118 valence electrons. The van der Waals surface area contributed by atoms with Crippen LogP contribution >= 0.6 is 15.9 Å². The highest BCUT2D eigenvalue weighted by atomic mass is 79.9. The largest absolute Gasteiger partial charge is 0.489 e. The third kappa shape index (κ3) is 3.21. The van der Waals surface area contributed by atoms with Gasteiger partial charge in [0.25, 0.3) is 0 Å². The smallest absolute Gasteiger partial charge is 0.241 e. The van der Waals surface area contributed by atoms with Crippen LogP contribution in [0.25, 0.3) is 5.70 Å². The highest BCUT2D eigenvalue weighted by Crippen LogP contribution is 2.33. The lowest BCUT2D eigenvalue weighted by Crippen LogP contribution is -2.38. The molecule has 1 amide bonds. The molecule has 2 rings (SSSR count). The molecule has 22 heavy (non-hydrogen) atoms. The van der Waals surface area contributed by atoms with E-state index in [1.165, 1.54) is 11.0 Å². The third-order valence-corrected chi connectivity index (χ3v) is 4.06. The topological polar surface area (TPSA) is 29.5 Å². The standard InChI is InChI=1S/C16H16BrF2NO2/c1-3-7-22-10-8-12(18)15(13(19)9-10)14-6-5-11(17)16(21)20(14)4-2/h3,6,8-9,11H,1,4-5,7H2,2H3. The summed E-state index contributed by atoms with van der Waals surface area (Å²) in [6.45, 7) is 5.73. The van der Waals surface area contributed by atoms with Crippen LogP contribution in [0.15, 0.2) is 30.9 Å². The minimum Gasteiger partial charge on any atom is -0.489 e. The average molecular weight is 372 g/mol. The van der Waals surface area contributed by atoms with Gasteiger partial charge in [-0.15, -0.1) is 0 Å². The number of alkyl halides is 1. The molecule has 0 aromatic heterocycles. The maximum Gasteiger partial charge on any atom is 0.241 e. The Morgan fingerprint density at radius 1 is 1.45 bits per heavy atom. The lowest BCUT2D eigenvalue weighted by Gasteiger charge is -2.30. The van der Waals surface area contributed by atoms with Gasteiger partial charge in [0.15, 0.2) is 0 Å². The molecule has 3 nitrogen and oxygen atoms in total. The van der Waals surface area contributed by atoms with Crippen LogP contribution in [-0.4, -0.2) is 28.8 Å². The number of benzene rings is 1. The van der Waals surface area contributed by atoms with Gasteiger partial charge in [0.2, 0.25) is 5.91 Å². The molecule has 1 aliphatic rings. The van der Waals surface area contributed by atoms with Gasteiger partial charge in [0.1, 0.15) is 24.0 Å². The summed E-state index contributed by atoms with van der Waals surface area (Å²) in [4.78, 5) is 13.1. The van der Waals surface area contributed by atoms with Crippen molar-refractivity contribution < 1.29 is 18.3 Å². The van der Waals surface area contributed by atoms with E-state index in [0.29, 0.717) is 13.0 Å². The number of amides is 1. The maximum atomic E-state index is 14.3. The van der Waals surface area contributed by atoms with Crippen LogP contribution in [0.4, 0.5) is 8.78 Å². The molecule has 0 fully saturated rings. The van der Waals surface area contributed by atoms with Gasteiger partial charge in [-0.05, 0) is 13.3 Å². The molecule has 1 aromatic carbocycles. The molecule has 0 spiro atoms. The maximum absolute atomic E-state index is 14.3. The van der Waals surface area contributed by atoms with Crippen LogP contribution in [0.3, 0.4) is 0 Å². The number of nitrogens with zero attached hydrogens (tertiary/aromatic N) is 1. The first-order valence-electron chi connectivity index (χ1n) is 6.88. The first-order chi connectivity index (χ1) is 10.5. The van der Waals surface area contributed by atoms with E-state index < -0.39 is 11.6 Å². The quantitative estimate of drug-likeness (QED) is 0.580. The van der Waals surface area contributed by atoms with E-state index >= 15 is 0 Å². The van der Waals surface area contributed by atoms with E-state index in [0.717, 1.165) is 12.1 Å². The van der Waals surface area contributed by atoms with Crippen LogP contribution in [0.1, 0.15) is 18.9 Å². The summed E-state index contributed by atoms with van der Waals surface area (Å²) in [5.41, 5.74) is 0.0500. The molecule has 0 bridgehead atoms. The Kier molecular flexibility index (Phi) is 5.34. The summed E-state index contributed by atoms with van der Waals surface area (Å²) in [5.74, 6) is -1.64. The molecule has 1 atom stereocenters. The van der Waals surface area contributed by atoms with Gasteiger partial charge in [0.05, 0.1) is 16.1 Å². The summed E-state index contributed by atoms with van der Waals surface area (Å²) in [6, 6.07) is 2.22. The number of halogens is 3. The zero-order valence-corrected chi connectivity index (χ0v) is 13.7. The Balaban J connectivity index is 2.43. The molecule has 0 aliphatic carbocycles. The van der Waals surface area contributed by atoms with Crippen LogP contribution in [-0.2, 0) is 4.79 Å². The van der Waals surface area contributed by atoms with Gasteiger partial charge in [-0.3, -0.25) is 4.79 Å². The summed E-state index contributed by atoms with van der Waals surface area (Å²) >= 11 is 3.26. The number of ether oxygens (including phenoxy) is 1. The molecular weight excluding hydrogens is 356 g/mol. The van der Waals surface area contributed by atoms with Crippen molar-refractivity contribution in [3.8, 4) is 5.75 Å². The zero-order valence-electron chi connectivity index (χ0n) is 12.1. The van der Waals surface area contributed by atoms with E-state index in [9.17, 15) is 13.6 Å². The molecule has 0 N–H and O–H groups in total. The summed E-state index contributed by atoms with van der Waals surface area (Å²) in [5, 5.41) is 0. The second kappa shape index (κ2) is 7.05. The van der Waals surface area contributed by atoms with E-state index in [4.69, 9.17) is 4.74 Å². The summed E-state index contributed by atoms with van der Waals surface area (Å²) < 4.78 is 33.8. The predicted octanol–water partition coefficient (Wildman–Crippen LogP) is 3.89. The van der Waals surface area contributed by atoms with Gasteiger partial charge in [-0.1, -0.05) is 34.7 Å². The molecule has 0 saturated carbocycles. The van der Waals surface area contributed by atoms with E-state index in [1.54, 1.807) is 13.0 Å². The fourth-order valence-corrected chi connectivity index (χ4v) is 2.74. The number of rotatable bonds is 5. The Labute approximate surface area is 136 Å². The van der Waals surface area contributed by atoms with Crippen molar-refractivity contribution in [2.24, 2.45) is 0 Å². The Morgan fingerprint density at radius 2 is 2.09 bits per heavy atom. The van der Waals surface area contributed by atoms with Crippen LogP contribution < -0.4 is 4.74 Å². The Hall–Kier alpha value is -1.69. The minimum atomic E-state index is -0.760. The number of allylic oxidation sites excluding steroid dienone is 1. The second-order valence-electron chi connectivity index (χ2n) is 4.74. The fraction of sp³-hybridized carbons (Fsp3) is 0.312. The van der Waals surface area contributed by atoms with Crippen molar-refractivity contribution in [3.63, 3.8) is 0 Å². The van der Waals surface area contributed by atoms with Crippen molar-refractivity contribution in [3.05, 3.63) is 48.1 Å². The number of carbonyl (C=O) groups is 1. The lowest BCUT2D eigenvalue weighted by atomic mass is 10.0. The molecule has 6 heteroatoms. The van der Waals surface area contributed by atoms with E-state index in [2.05, 4.69) is 22.5 Å². The predicted molar refractivity (Wildman–Crippen MR) is 84.7 cm³/mol. The molecule has 0 saturated heterocycles. The van der Waals surface area contributed by atoms with E-state index in [1.807, 2.05) is 0 Å². The summed E-state index contributed by atoms with van der Waals surface area (Å²) in [7, 11) is 0. The molecule has 0 radical (unpaired) electrons. The van der Waals surface area contributed by atoms with Crippen molar-refractivity contribution in [2.75, 3.05) is 13.2 Å². The molecule has 1 aromatic rings. The first-order valence-corrected chi connectivity index (χ1v) is 7.79. The van der Waals surface area contributed by atoms with Crippen molar-refractivity contribution >= 4 is 27.5 Å². The Morgan fingerprint density at radius 3 is 2.64 bits per heavy atom. The van der Waals surface area contributed by atoms with Gasteiger partial charge in [0, 0.05) is 18.7 Å². The van der Waals surface area contributed by atoms with Gasteiger partial charge in [-0.25, -0.2) is 8.78 Å². The van der Waals surface area contributed by atoms with Gasteiger partial charge < -0.3 is 9.64 Å². The minimum absolute atomic E-state index is 0.0859. The lowest BCUT2D eigenvalue weighted by molar-refractivity contribution is -0.127. The molecular formula is C16H16BrF2NO2. The van der Waals surface area contributed by atoms with Crippen LogP contribution in [0.2, 0.25) is 0 Å². The number of hydrogen-bond donors (Lipinski definition) is 0. The van der Waals surface area contributed by atoms with E-state index in [-0.39, 0.29) is 34.4 Å². The highest BCUT2D eigenvalue weighted by molar-refractivity contribution is 9.10. The highest BCUT2D eigenvalue weighted by Gasteiger charge is 2.31. The van der Waals surface area contributed by atoms with Crippen LogP contribution in [0, 0.1) is 11.6 Å².